The van der Waals surface area contributed by atoms with Crippen molar-refractivity contribution < 1.29 is 4.79 Å². The number of carbonyl (C=O) groups excluding carboxylic acids is 1. The molecule has 0 aliphatic rings. The first-order chi connectivity index (χ1) is 12.0. The van der Waals surface area contributed by atoms with E-state index in [4.69, 9.17) is 0 Å². The van der Waals surface area contributed by atoms with Crippen LogP contribution in [0.15, 0.2) is 48.9 Å². The van der Waals surface area contributed by atoms with Crippen molar-refractivity contribution in [2.24, 2.45) is 7.05 Å². The van der Waals surface area contributed by atoms with Crippen molar-refractivity contribution in [1.29, 1.82) is 0 Å². The summed E-state index contributed by atoms with van der Waals surface area (Å²) in [5.41, 5.74) is 3.16. The highest BCUT2D eigenvalue weighted by Gasteiger charge is 2.15. The Hall–Kier alpha value is -3.15. The minimum Gasteiger partial charge on any atom is -0.350 e. The number of aromatic nitrogens is 4. The van der Waals surface area contributed by atoms with Crippen LogP contribution >= 0.6 is 0 Å². The highest BCUT2D eigenvalue weighted by Crippen LogP contribution is 2.23. The van der Waals surface area contributed by atoms with Crippen LogP contribution in [-0.2, 0) is 7.05 Å². The molecule has 126 valence electrons. The molecule has 1 aromatic carbocycles. The van der Waals surface area contributed by atoms with Gasteiger partial charge in [-0.3, -0.25) is 4.79 Å². The van der Waals surface area contributed by atoms with E-state index in [0.29, 0.717) is 11.3 Å². The van der Waals surface area contributed by atoms with Crippen molar-refractivity contribution in [3.05, 3.63) is 54.5 Å². The molecule has 25 heavy (non-hydrogen) atoms. The molecule has 0 bridgehead atoms. The molecule has 0 saturated carbocycles. The number of benzene rings is 1. The minimum absolute atomic E-state index is 0.144. The maximum absolute atomic E-state index is 12.7. The van der Waals surface area contributed by atoms with Crippen molar-refractivity contribution in [1.82, 2.24) is 19.3 Å². The van der Waals surface area contributed by atoms with Crippen molar-refractivity contribution in [2.75, 3.05) is 5.32 Å². The zero-order valence-electron chi connectivity index (χ0n) is 14.4. The van der Waals surface area contributed by atoms with E-state index < -0.39 is 0 Å². The highest BCUT2D eigenvalue weighted by molar-refractivity contribution is 6.13. The maximum Gasteiger partial charge on any atom is 0.257 e. The number of nitrogens with one attached hydrogen (secondary N) is 1. The molecular formula is C19H19N5O. The Morgan fingerprint density at radius 3 is 2.80 bits per heavy atom. The smallest absolute Gasteiger partial charge is 0.257 e. The molecule has 0 spiro atoms. The molecule has 0 unspecified atom stereocenters. The van der Waals surface area contributed by atoms with E-state index in [0.717, 1.165) is 21.9 Å². The highest BCUT2D eigenvalue weighted by atomic mass is 16.1. The molecule has 1 N–H and O–H groups in total. The average molecular weight is 333 g/mol. The molecule has 6 heteroatoms. The summed E-state index contributed by atoms with van der Waals surface area (Å²) < 4.78 is 3.82. The summed E-state index contributed by atoms with van der Waals surface area (Å²) in [6.07, 6.45) is 5.30. The number of carbonyl (C=O) groups is 1. The molecule has 0 fully saturated rings. The molecule has 0 aliphatic carbocycles. The van der Waals surface area contributed by atoms with Crippen LogP contribution in [0.1, 0.15) is 30.2 Å². The Kier molecular flexibility index (Phi) is 3.53. The number of hydrogen-bond acceptors (Lipinski definition) is 3. The Morgan fingerprint density at radius 2 is 2.00 bits per heavy atom. The molecule has 4 aromatic rings. The Morgan fingerprint density at radius 1 is 1.20 bits per heavy atom. The predicted octanol–water partition coefficient (Wildman–Crippen LogP) is 3.76. The number of nitrogens with zero attached hydrogens (tertiary/aromatic N) is 4. The van der Waals surface area contributed by atoms with Gasteiger partial charge in [0.05, 0.1) is 23.6 Å². The summed E-state index contributed by atoms with van der Waals surface area (Å²) in [6.45, 7) is 4.12. The van der Waals surface area contributed by atoms with Crippen molar-refractivity contribution >= 4 is 33.5 Å². The van der Waals surface area contributed by atoms with Gasteiger partial charge in [0.15, 0.2) is 5.65 Å². The van der Waals surface area contributed by atoms with Gasteiger partial charge < -0.3 is 9.88 Å². The maximum atomic E-state index is 12.7. The van der Waals surface area contributed by atoms with E-state index >= 15 is 0 Å². The van der Waals surface area contributed by atoms with E-state index in [1.807, 2.05) is 52.8 Å². The number of fused-ring (bicyclic) bond motifs is 2. The lowest BCUT2D eigenvalue weighted by Gasteiger charge is -2.07. The Balaban J connectivity index is 1.67. The van der Waals surface area contributed by atoms with Crippen LogP contribution in [0, 0.1) is 0 Å². The third-order valence-electron chi connectivity index (χ3n) is 4.32. The molecule has 0 atom stereocenters. The zero-order chi connectivity index (χ0) is 17.6. The predicted molar refractivity (Wildman–Crippen MR) is 98.8 cm³/mol. The summed E-state index contributed by atoms with van der Waals surface area (Å²) in [5.74, 6) is -0.144. The molecular weight excluding hydrogens is 314 g/mol. The third-order valence-corrected chi connectivity index (χ3v) is 4.32. The fraction of sp³-hybridized carbons (Fsp3) is 0.211. The minimum atomic E-state index is -0.144. The molecule has 3 aromatic heterocycles. The number of rotatable bonds is 3. The van der Waals surface area contributed by atoms with Crippen LogP contribution in [0.2, 0.25) is 0 Å². The van der Waals surface area contributed by atoms with E-state index in [1.54, 1.807) is 12.4 Å². The fourth-order valence-electron chi connectivity index (χ4n) is 3.11. The normalized spacial score (nSPS) is 11.5. The van der Waals surface area contributed by atoms with Gasteiger partial charge in [0.25, 0.3) is 5.91 Å². The van der Waals surface area contributed by atoms with E-state index in [2.05, 4.69) is 29.2 Å². The van der Waals surface area contributed by atoms with E-state index in [1.165, 1.54) is 0 Å². The molecule has 3 heterocycles. The van der Waals surface area contributed by atoms with Gasteiger partial charge in [0.2, 0.25) is 0 Å². The Labute approximate surface area is 145 Å². The summed E-state index contributed by atoms with van der Waals surface area (Å²) in [6, 6.07) is 10.00. The first kappa shape index (κ1) is 15.4. The van der Waals surface area contributed by atoms with Crippen molar-refractivity contribution in [3.8, 4) is 0 Å². The third kappa shape index (κ3) is 2.55. The molecule has 6 nitrogen and oxygen atoms in total. The molecule has 0 saturated heterocycles. The summed E-state index contributed by atoms with van der Waals surface area (Å²) in [7, 11) is 1.94. The second-order valence-electron chi connectivity index (χ2n) is 6.44. The number of hydrogen-bond donors (Lipinski definition) is 1. The first-order valence-corrected chi connectivity index (χ1v) is 8.23. The van der Waals surface area contributed by atoms with Crippen molar-refractivity contribution in [2.45, 2.75) is 19.9 Å². The average Bonchev–Trinajstić information content (AvgIpc) is 3.16. The number of aryl methyl sites for hydroxylation is 1. The molecule has 0 aliphatic heterocycles. The molecule has 0 radical (unpaired) electrons. The first-order valence-electron chi connectivity index (χ1n) is 8.23. The monoisotopic (exact) mass is 333 g/mol. The van der Waals surface area contributed by atoms with Crippen LogP contribution in [0.5, 0.6) is 0 Å². The van der Waals surface area contributed by atoms with E-state index in [9.17, 15) is 4.79 Å². The number of amides is 1. The summed E-state index contributed by atoms with van der Waals surface area (Å²) >= 11 is 0. The van der Waals surface area contributed by atoms with Crippen molar-refractivity contribution in [3.63, 3.8) is 0 Å². The number of pyridine rings is 1. The lowest BCUT2D eigenvalue weighted by Crippen LogP contribution is -2.12. The van der Waals surface area contributed by atoms with Crippen LogP contribution in [0.25, 0.3) is 21.9 Å². The van der Waals surface area contributed by atoms with Gasteiger partial charge in [-0.15, -0.1) is 0 Å². The zero-order valence-corrected chi connectivity index (χ0v) is 14.4. The molecule has 4 rings (SSSR count). The standard InChI is InChI=1S/C19H19N5O/c1-12(2)24-18-13(9-21-24)8-14(10-20-18)22-19(25)16-11-23(3)17-7-5-4-6-15(16)17/h4-12H,1-3H3,(H,22,25). The second-order valence-corrected chi connectivity index (χ2v) is 6.44. The van der Waals surface area contributed by atoms with Crippen LogP contribution in [-0.4, -0.2) is 25.2 Å². The quantitative estimate of drug-likeness (QED) is 0.621. The van der Waals surface area contributed by atoms with Gasteiger partial charge >= 0.3 is 0 Å². The largest absolute Gasteiger partial charge is 0.350 e. The van der Waals surface area contributed by atoms with Gasteiger partial charge in [0.1, 0.15) is 0 Å². The number of anilines is 1. The van der Waals surface area contributed by atoms with Crippen LogP contribution in [0.3, 0.4) is 0 Å². The summed E-state index contributed by atoms with van der Waals surface area (Å²) in [4.78, 5) is 17.2. The molecule has 1 amide bonds. The lowest BCUT2D eigenvalue weighted by molar-refractivity contribution is 0.102. The topological polar surface area (TPSA) is 64.7 Å². The van der Waals surface area contributed by atoms with Gasteiger partial charge in [0, 0.05) is 35.6 Å². The van der Waals surface area contributed by atoms with E-state index in [-0.39, 0.29) is 11.9 Å². The van der Waals surface area contributed by atoms with Gasteiger partial charge in [-0.1, -0.05) is 18.2 Å². The van der Waals surface area contributed by atoms with Crippen LogP contribution < -0.4 is 5.32 Å². The van der Waals surface area contributed by atoms with Crippen LogP contribution in [0.4, 0.5) is 5.69 Å². The number of para-hydroxylation sites is 1. The second kappa shape index (κ2) is 5.73. The fourth-order valence-corrected chi connectivity index (χ4v) is 3.11. The summed E-state index contributed by atoms with van der Waals surface area (Å²) in [5, 5.41) is 9.14. The lowest BCUT2D eigenvalue weighted by atomic mass is 10.1. The van der Waals surface area contributed by atoms with Gasteiger partial charge in [-0.25, -0.2) is 9.67 Å². The van der Waals surface area contributed by atoms with Gasteiger partial charge in [-0.05, 0) is 26.0 Å². The Bertz CT molecular complexity index is 1090. The van der Waals surface area contributed by atoms with Gasteiger partial charge in [-0.2, -0.15) is 5.10 Å². The SMILES string of the molecule is CC(C)n1ncc2cc(NC(=O)c3cn(C)c4ccccc34)cnc21.